The second kappa shape index (κ2) is 6.02. The average Bonchev–Trinajstić information content (AvgIpc) is 3.24. The van der Waals surface area contributed by atoms with E-state index in [1.54, 1.807) is 0 Å². The summed E-state index contributed by atoms with van der Waals surface area (Å²) in [6.07, 6.45) is 5.15. The number of amides is 2. The van der Waals surface area contributed by atoms with Crippen LogP contribution in [0.15, 0.2) is 41.4 Å². The molecule has 4 unspecified atom stereocenters. The van der Waals surface area contributed by atoms with Gasteiger partial charge in [-0.05, 0) is 42.9 Å². The second-order valence-electron chi connectivity index (χ2n) is 7.09. The lowest BCUT2D eigenvalue weighted by atomic mass is 9.85. The van der Waals surface area contributed by atoms with Crippen molar-refractivity contribution in [1.82, 2.24) is 4.90 Å². The normalized spacial score (nSPS) is 30.3. The number of hydrogen-bond acceptors (Lipinski definition) is 3. The molecule has 130 valence electrons. The molecule has 1 aromatic rings. The number of guanidine groups is 1. The van der Waals surface area contributed by atoms with E-state index in [2.05, 4.69) is 22.5 Å². The number of likely N-dealkylation sites (tertiary alicyclic amines) is 1. The van der Waals surface area contributed by atoms with Crippen molar-refractivity contribution in [3.05, 3.63) is 42.0 Å². The highest BCUT2D eigenvalue weighted by Gasteiger charge is 2.58. The molecule has 1 heterocycles. The summed E-state index contributed by atoms with van der Waals surface area (Å²) < 4.78 is 0. The zero-order chi connectivity index (χ0) is 17.6. The third-order valence-electron chi connectivity index (χ3n) is 5.46. The fourth-order valence-corrected chi connectivity index (χ4v) is 4.37. The van der Waals surface area contributed by atoms with Gasteiger partial charge in [-0.2, -0.15) is 0 Å². The van der Waals surface area contributed by atoms with Gasteiger partial charge in [-0.3, -0.25) is 19.5 Å². The Balaban J connectivity index is 1.36. The Bertz CT molecular complexity index is 755. The quantitative estimate of drug-likeness (QED) is 0.377. The number of carbonyl (C=O) groups is 2. The molecule has 6 nitrogen and oxygen atoms in total. The van der Waals surface area contributed by atoms with Gasteiger partial charge in [-0.25, -0.2) is 0 Å². The van der Waals surface area contributed by atoms with E-state index in [0.717, 1.165) is 17.7 Å². The van der Waals surface area contributed by atoms with E-state index in [-0.39, 0.29) is 41.4 Å². The van der Waals surface area contributed by atoms with E-state index < -0.39 is 0 Å². The van der Waals surface area contributed by atoms with Crippen LogP contribution in [0, 0.1) is 30.6 Å². The van der Waals surface area contributed by atoms with Crippen LogP contribution >= 0.6 is 0 Å². The zero-order valence-corrected chi connectivity index (χ0v) is 14.2. The van der Waals surface area contributed by atoms with Crippen molar-refractivity contribution >= 4 is 23.5 Å². The van der Waals surface area contributed by atoms with Gasteiger partial charge in [0.25, 0.3) is 0 Å². The maximum Gasteiger partial charge on any atom is 0.233 e. The molecule has 2 amide bonds. The Morgan fingerprint density at radius 2 is 1.92 bits per heavy atom. The number of rotatable bonds is 4. The number of allylic oxidation sites excluding steroid dienone is 2. The molecule has 1 saturated carbocycles. The fraction of sp³-hybridized carbons (Fsp3) is 0.421. The number of anilines is 1. The highest BCUT2D eigenvalue weighted by Crippen LogP contribution is 2.52. The molecule has 4 atom stereocenters. The van der Waals surface area contributed by atoms with Crippen LogP contribution in [-0.4, -0.2) is 35.8 Å². The summed E-state index contributed by atoms with van der Waals surface area (Å²) in [5.41, 5.74) is 7.89. The maximum absolute atomic E-state index is 12.6. The summed E-state index contributed by atoms with van der Waals surface area (Å²) in [6.45, 7) is 2.60. The molecule has 0 radical (unpaired) electrons. The molecule has 2 aliphatic carbocycles. The third-order valence-corrected chi connectivity index (χ3v) is 5.46. The lowest BCUT2D eigenvalue weighted by molar-refractivity contribution is -0.140. The Labute approximate surface area is 146 Å². The first-order valence-corrected chi connectivity index (χ1v) is 8.72. The van der Waals surface area contributed by atoms with Crippen LogP contribution in [-0.2, 0) is 9.59 Å². The largest absolute Gasteiger partial charge is 0.370 e. The minimum atomic E-state index is -0.144. The fourth-order valence-electron chi connectivity index (χ4n) is 4.37. The van der Waals surface area contributed by atoms with Crippen LogP contribution < -0.4 is 11.1 Å². The van der Waals surface area contributed by atoms with E-state index in [1.807, 2.05) is 31.2 Å². The first-order chi connectivity index (χ1) is 12.0. The van der Waals surface area contributed by atoms with Crippen molar-refractivity contribution in [2.45, 2.75) is 13.3 Å². The summed E-state index contributed by atoms with van der Waals surface area (Å²) in [5.74, 6) is 0.413. The van der Waals surface area contributed by atoms with Crippen LogP contribution in [0.1, 0.15) is 12.0 Å². The third kappa shape index (κ3) is 2.71. The highest BCUT2D eigenvalue weighted by atomic mass is 16.2. The van der Waals surface area contributed by atoms with Crippen LogP contribution in [0.2, 0.25) is 0 Å². The van der Waals surface area contributed by atoms with Crippen LogP contribution in [0.3, 0.4) is 0 Å². The molecule has 1 aliphatic heterocycles. The predicted octanol–water partition coefficient (Wildman–Crippen LogP) is 1.53. The molecule has 25 heavy (non-hydrogen) atoms. The van der Waals surface area contributed by atoms with Crippen molar-refractivity contribution in [3.63, 3.8) is 0 Å². The monoisotopic (exact) mass is 338 g/mol. The van der Waals surface area contributed by atoms with Crippen LogP contribution in [0.4, 0.5) is 5.69 Å². The standard InChI is InChI=1S/C19H22N4O2/c1-11-3-2-4-14(9-11)22-19(20)21-7-8-23-17(24)15-12-5-6-13(10-12)16(15)18(23)25/h2-6,9,12-13,15-16H,7-8,10H2,1H3,(H3,20,21,22). The molecule has 2 bridgehead atoms. The van der Waals surface area contributed by atoms with Gasteiger partial charge in [0.2, 0.25) is 11.8 Å². The number of fused-ring (bicyclic) bond motifs is 5. The topological polar surface area (TPSA) is 87.8 Å². The molecular formula is C19H22N4O2. The SMILES string of the molecule is Cc1cccc(NC(N)=NCCN2C(=O)C3C4C=CC(C4)C3C2=O)c1. The number of carbonyl (C=O) groups excluding carboxylic acids is 2. The summed E-state index contributed by atoms with van der Waals surface area (Å²) in [4.78, 5) is 30.8. The molecule has 2 fully saturated rings. The van der Waals surface area contributed by atoms with Gasteiger partial charge < -0.3 is 11.1 Å². The number of nitrogens with one attached hydrogen (secondary N) is 1. The lowest BCUT2D eigenvalue weighted by Gasteiger charge is -2.16. The number of nitrogens with zero attached hydrogens (tertiary/aromatic N) is 2. The molecule has 3 N–H and O–H groups in total. The summed E-state index contributed by atoms with van der Waals surface area (Å²) in [5, 5.41) is 3.02. The Morgan fingerprint density at radius 1 is 1.24 bits per heavy atom. The van der Waals surface area contributed by atoms with Crippen molar-refractivity contribution in [2.24, 2.45) is 34.4 Å². The summed E-state index contributed by atoms with van der Waals surface area (Å²) in [6, 6.07) is 7.82. The lowest BCUT2D eigenvalue weighted by Crippen LogP contribution is -2.35. The molecule has 1 saturated heterocycles. The van der Waals surface area contributed by atoms with Gasteiger partial charge in [0, 0.05) is 12.2 Å². The van der Waals surface area contributed by atoms with Crippen LogP contribution in [0.25, 0.3) is 0 Å². The summed E-state index contributed by atoms with van der Waals surface area (Å²) >= 11 is 0. The van der Waals surface area contributed by atoms with Crippen molar-refractivity contribution in [1.29, 1.82) is 0 Å². The number of aryl methyl sites for hydroxylation is 1. The van der Waals surface area contributed by atoms with Crippen molar-refractivity contribution < 1.29 is 9.59 Å². The minimum Gasteiger partial charge on any atom is -0.370 e. The number of imide groups is 1. The first-order valence-electron chi connectivity index (χ1n) is 8.72. The van der Waals surface area contributed by atoms with Crippen LogP contribution in [0.5, 0.6) is 0 Å². The number of nitrogens with two attached hydrogens (primary N) is 1. The van der Waals surface area contributed by atoms with Crippen molar-refractivity contribution in [3.8, 4) is 0 Å². The number of hydrogen-bond donors (Lipinski definition) is 2. The molecule has 0 aromatic heterocycles. The average molecular weight is 338 g/mol. The van der Waals surface area contributed by atoms with Gasteiger partial charge in [-0.1, -0.05) is 24.3 Å². The Hall–Kier alpha value is -2.63. The molecule has 0 spiro atoms. The molecule has 1 aromatic carbocycles. The van der Waals surface area contributed by atoms with E-state index in [0.29, 0.717) is 13.1 Å². The van der Waals surface area contributed by atoms with Gasteiger partial charge in [0.1, 0.15) is 0 Å². The predicted molar refractivity (Wildman–Crippen MR) is 95.7 cm³/mol. The number of aliphatic imine (C=N–C) groups is 1. The maximum atomic E-state index is 12.6. The van der Waals surface area contributed by atoms with E-state index >= 15 is 0 Å². The second-order valence-corrected chi connectivity index (χ2v) is 7.09. The zero-order valence-electron chi connectivity index (χ0n) is 14.2. The summed E-state index contributed by atoms with van der Waals surface area (Å²) in [7, 11) is 0. The van der Waals surface area contributed by atoms with E-state index in [4.69, 9.17) is 5.73 Å². The minimum absolute atomic E-state index is 0.0349. The molecule has 4 rings (SSSR count). The van der Waals surface area contributed by atoms with E-state index in [9.17, 15) is 9.59 Å². The van der Waals surface area contributed by atoms with Crippen molar-refractivity contribution in [2.75, 3.05) is 18.4 Å². The van der Waals surface area contributed by atoms with E-state index in [1.165, 1.54) is 4.90 Å². The van der Waals surface area contributed by atoms with Gasteiger partial charge in [-0.15, -0.1) is 0 Å². The number of benzene rings is 1. The molecular weight excluding hydrogens is 316 g/mol. The van der Waals surface area contributed by atoms with Gasteiger partial charge in [0.15, 0.2) is 5.96 Å². The first kappa shape index (κ1) is 15.9. The highest BCUT2D eigenvalue weighted by molar-refractivity contribution is 6.06. The smallest absolute Gasteiger partial charge is 0.233 e. The van der Waals surface area contributed by atoms with Gasteiger partial charge in [0.05, 0.1) is 18.4 Å². The van der Waals surface area contributed by atoms with Gasteiger partial charge >= 0.3 is 0 Å². The Morgan fingerprint density at radius 3 is 2.56 bits per heavy atom. The molecule has 6 heteroatoms. The Kier molecular flexibility index (Phi) is 3.82. The molecule has 3 aliphatic rings.